The lowest BCUT2D eigenvalue weighted by Crippen LogP contribution is -2.39. The number of piperidine rings is 1. The molecule has 1 rings (SSSR count). The summed E-state index contributed by atoms with van der Waals surface area (Å²) in [4.78, 5) is 13.2. The van der Waals surface area contributed by atoms with Gasteiger partial charge in [-0.25, -0.2) is 0 Å². The largest absolute Gasteiger partial charge is 0.481 e. The third-order valence-electron chi connectivity index (χ3n) is 4.42. The van der Waals surface area contributed by atoms with E-state index in [0.29, 0.717) is 5.92 Å². The van der Waals surface area contributed by atoms with Crippen molar-refractivity contribution in [3.05, 3.63) is 0 Å². The highest BCUT2D eigenvalue weighted by atomic mass is 16.4. The molecule has 1 aliphatic heterocycles. The van der Waals surface area contributed by atoms with Crippen molar-refractivity contribution in [2.75, 3.05) is 19.6 Å². The minimum atomic E-state index is -0.689. The molecule has 1 N–H and O–H groups in total. The van der Waals surface area contributed by atoms with Crippen molar-refractivity contribution in [2.24, 2.45) is 17.3 Å². The van der Waals surface area contributed by atoms with E-state index in [1.54, 1.807) is 0 Å². The molecule has 20 heavy (non-hydrogen) atoms. The zero-order valence-electron chi connectivity index (χ0n) is 13.1. The van der Waals surface area contributed by atoms with E-state index in [-0.39, 0.29) is 17.8 Å². The zero-order valence-corrected chi connectivity index (χ0v) is 13.1. The average Bonchev–Trinajstić information content (AvgIpc) is 2.38. The maximum atomic E-state index is 10.8. The van der Waals surface area contributed by atoms with Crippen LogP contribution in [0.1, 0.15) is 52.9 Å². The molecule has 0 amide bonds. The molecule has 1 heterocycles. The van der Waals surface area contributed by atoms with Gasteiger partial charge in [-0.15, -0.1) is 0 Å². The van der Waals surface area contributed by atoms with Gasteiger partial charge in [0.2, 0.25) is 0 Å². The van der Waals surface area contributed by atoms with E-state index >= 15 is 0 Å². The van der Waals surface area contributed by atoms with E-state index in [4.69, 9.17) is 10.4 Å². The Morgan fingerprint density at radius 1 is 1.55 bits per heavy atom. The SMILES string of the molecule is CC(CC(=O)O)C1CCCN(CCCC(C)(C)C#N)C1. The molecule has 0 saturated carbocycles. The number of hydrogen-bond donors (Lipinski definition) is 1. The van der Waals surface area contributed by atoms with Gasteiger partial charge >= 0.3 is 5.97 Å². The predicted octanol–water partition coefficient (Wildman–Crippen LogP) is 3.14. The fourth-order valence-corrected chi connectivity index (χ4v) is 3.00. The van der Waals surface area contributed by atoms with Crippen LogP contribution in [0.2, 0.25) is 0 Å². The molecule has 114 valence electrons. The van der Waals surface area contributed by atoms with Gasteiger partial charge in [-0.3, -0.25) is 4.79 Å². The fourth-order valence-electron chi connectivity index (χ4n) is 3.00. The van der Waals surface area contributed by atoms with Crippen molar-refractivity contribution in [1.82, 2.24) is 4.90 Å². The van der Waals surface area contributed by atoms with Gasteiger partial charge in [-0.1, -0.05) is 6.92 Å². The second kappa shape index (κ2) is 7.64. The van der Waals surface area contributed by atoms with Crippen LogP contribution in [0.3, 0.4) is 0 Å². The number of carbonyl (C=O) groups is 1. The van der Waals surface area contributed by atoms with Gasteiger partial charge in [0.1, 0.15) is 0 Å². The number of hydrogen-bond acceptors (Lipinski definition) is 3. The van der Waals surface area contributed by atoms with Crippen molar-refractivity contribution in [2.45, 2.75) is 52.9 Å². The fraction of sp³-hybridized carbons (Fsp3) is 0.875. The van der Waals surface area contributed by atoms with Crippen LogP contribution in [0, 0.1) is 28.6 Å². The normalized spacial score (nSPS) is 22.2. The van der Waals surface area contributed by atoms with E-state index in [1.165, 1.54) is 0 Å². The summed E-state index contributed by atoms with van der Waals surface area (Å²) in [6.45, 7) is 9.19. The second-order valence-corrected chi connectivity index (χ2v) is 6.88. The summed E-state index contributed by atoms with van der Waals surface area (Å²) in [5.41, 5.74) is -0.230. The maximum Gasteiger partial charge on any atom is 0.303 e. The molecule has 2 atom stereocenters. The molecular formula is C16H28N2O2. The molecule has 1 fully saturated rings. The number of rotatable bonds is 7. The summed E-state index contributed by atoms with van der Waals surface area (Å²) < 4.78 is 0. The lowest BCUT2D eigenvalue weighted by atomic mass is 9.84. The Labute approximate surface area is 122 Å². The van der Waals surface area contributed by atoms with Gasteiger partial charge in [0, 0.05) is 13.0 Å². The molecule has 1 saturated heterocycles. The molecule has 4 heteroatoms. The molecule has 0 spiro atoms. The molecule has 0 bridgehead atoms. The third kappa shape index (κ3) is 5.92. The van der Waals surface area contributed by atoms with Crippen LogP contribution < -0.4 is 0 Å². The Kier molecular flexibility index (Phi) is 6.48. The molecule has 4 nitrogen and oxygen atoms in total. The van der Waals surface area contributed by atoms with Crippen molar-refractivity contribution in [1.29, 1.82) is 5.26 Å². The summed E-state index contributed by atoms with van der Waals surface area (Å²) in [7, 11) is 0. The summed E-state index contributed by atoms with van der Waals surface area (Å²) in [6.07, 6.45) is 4.56. The second-order valence-electron chi connectivity index (χ2n) is 6.88. The highest BCUT2D eigenvalue weighted by Gasteiger charge is 2.26. The molecule has 0 aromatic carbocycles. The maximum absolute atomic E-state index is 10.8. The van der Waals surface area contributed by atoms with Crippen molar-refractivity contribution >= 4 is 5.97 Å². The van der Waals surface area contributed by atoms with Crippen LogP contribution in [0.5, 0.6) is 0 Å². The summed E-state index contributed by atoms with van der Waals surface area (Å²) in [5.74, 6) is 0.0695. The van der Waals surface area contributed by atoms with E-state index in [1.807, 2.05) is 13.8 Å². The molecule has 0 aromatic heterocycles. The first-order chi connectivity index (χ1) is 9.34. The van der Waals surface area contributed by atoms with Gasteiger partial charge in [0.15, 0.2) is 0 Å². The van der Waals surface area contributed by atoms with Crippen molar-refractivity contribution < 1.29 is 9.90 Å². The summed E-state index contributed by atoms with van der Waals surface area (Å²) in [5, 5.41) is 17.9. The first-order valence-electron chi connectivity index (χ1n) is 7.69. The third-order valence-corrected chi connectivity index (χ3v) is 4.42. The van der Waals surface area contributed by atoms with Gasteiger partial charge in [0.25, 0.3) is 0 Å². The van der Waals surface area contributed by atoms with Crippen molar-refractivity contribution in [3.63, 3.8) is 0 Å². The highest BCUT2D eigenvalue weighted by Crippen LogP contribution is 2.27. The van der Waals surface area contributed by atoms with Crippen LogP contribution >= 0.6 is 0 Å². The Morgan fingerprint density at radius 3 is 2.85 bits per heavy atom. The van der Waals surface area contributed by atoms with E-state index in [2.05, 4.69) is 17.9 Å². The quantitative estimate of drug-likeness (QED) is 0.778. The highest BCUT2D eigenvalue weighted by molar-refractivity contribution is 5.67. The molecule has 1 aliphatic rings. The van der Waals surface area contributed by atoms with Crippen LogP contribution in [-0.2, 0) is 4.79 Å². The van der Waals surface area contributed by atoms with Gasteiger partial charge < -0.3 is 10.0 Å². The molecule has 0 radical (unpaired) electrons. The Balaban J connectivity index is 2.34. The zero-order chi connectivity index (χ0) is 15.2. The smallest absolute Gasteiger partial charge is 0.303 e. The van der Waals surface area contributed by atoms with Crippen LogP contribution in [0.25, 0.3) is 0 Å². The van der Waals surface area contributed by atoms with Crippen LogP contribution in [-0.4, -0.2) is 35.6 Å². The lowest BCUT2D eigenvalue weighted by molar-refractivity contribution is -0.138. The number of carboxylic acids is 1. The van der Waals surface area contributed by atoms with Gasteiger partial charge in [-0.2, -0.15) is 5.26 Å². The van der Waals surface area contributed by atoms with Crippen molar-refractivity contribution in [3.8, 4) is 6.07 Å². The summed E-state index contributed by atoms with van der Waals surface area (Å²) >= 11 is 0. The molecule has 2 unspecified atom stereocenters. The molecule has 0 aromatic rings. The van der Waals surface area contributed by atoms with Gasteiger partial charge in [0.05, 0.1) is 11.5 Å². The van der Waals surface area contributed by atoms with Crippen LogP contribution in [0.15, 0.2) is 0 Å². The monoisotopic (exact) mass is 280 g/mol. The first-order valence-corrected chi connectivity index (χ1v) is 7.69. The minimum absolute atomic E-state index is 0.230. The molecule has 0 aliphatic carbocycles. The standard InChI is InChI=1S/C16H28N2O2/c1-13(10-15(19)20)14-6-4-8-18(11-14)9-5-7-16(2,3)12-17/h13-14H,4-11H2,1-3H3,(H,19,20). The predicted molar refractivity (Wildman–Crippen MR) is 79.2 cm³/mol. The number of carboxylic acid groups (broad SMARTS) is 1. The Morgan fingerprint density at radius 2 is 2.25 bits per heavy atom. The summed E-state index contributed by atoms with van der Waals surface area (Å²) in [6, 6.07) is 2.34. The number of likely N-dealkylation sites (tertiary alicyclic amines) is 1. The van der Waals surface area contributed by atoms with E-state index in [0.717, 1.165) is 45.3 Å². The van der Waals surface area contributed by atoms with Gasteiger partial charge in [-0.05, 0) is 64.5 Å². The van der Waals surface area contributed by atoms with Crippen LogP contribution in [0.4, 0.5) is 0 Å². The average molecular weight is 280 g/mol. The first kappa shape index (κ1) is 17.0. The number of nitriles is 1. The van der Waals surface area contributed by atoms with E-state index < -0.39 is 5.97 Å². The number of nitrogens with zero attached hydrogens (tertiary/aromatic N) is 2. The number of aliphatic carboxylic acids is 1. The molecular weight excluding hydrogens is 252 g/mol. The topological polar surface area (TPSA) is 64.3 Å². The Hall–Kier alpha value is -1.08. The minimum Gasteiger partial charge on any atom is -0.481 e. The Bertz CT molecular complexity index is 360. The lowest BCUT2D eigenvalue weighted by Gasteiger charge is -2.35. The van der Waals surface area contributed by atoms with E-state index in [9.17, 15) is 4.79 Å².